The van der Waals surface area contributed by atoms with E-state index < -0.39 is 10.0 Å². The Kier molecular flexibility index (Phi) is 5.03. The van der Waals surface area contributed by atoms with Gasteiger partial charge in [0, 0.05) is 17.6 Å². The van der Waals surface area contributed by atoms with E-state index in [2.05, 4.69) is 15.9 Å². The van der Waals surface area contributed by atoms with Crippen molar-refractivity contribution in [1.82, 2.24) is 0 Å². The van der Waals surface area contributed by atoms with Crippen LogP contribution in [-0.2, 0) is 16.6 Å². The number of sulfonamides is 1. The Morgan fingerprint density at radius 3 is 2.33 bits per heavy atom. The largest absolute Gasteiger partial charge is 0.326 e. The summed E-state index contributed by atoms with van der Waals surface area (Å²) < 4.78 is 27.6. The van der Waals surface area contributed by atoms with Crippen molar-refractivity contribution in [3.05, 3.63) is 58.6 Å². The van der Waals surface area contributed by atoms with Crippen molar-refractivity contribution >= 4 is 31.6 Å². The highest BCUT2D eigenvalue weighted by atomic mass is 79.9. The Morgan fingerprint density at radius 1 is 1.14 bits per heavy atom. The summed E-state index contributed by atoms with van der Waals surface area (Å²) in [6.07, 6.45) is 0. The van der Waals surface area contributed by atoms with Gasteiger partial charge < -0.3 is 5.73 Å². The summed E-state index contributed by atoms with van der Waals surface area (Å²) >= 11 is 3.33. The molecule has 0 aromatic heterocycles. The molecule has 4 nitrogen and oxygen atoms in total. The van der Waals surface area contributed by atoms with Crippen molar-refractivity contribution in [3.8, 4) is 0 Å². The molecule has 0 spiro atoms. The first-order valence-electron chi connectivity index (χ1n) is 6.57. The van der Waals surface area contributed by atoms with E-state index in [-0.39, 0.29) is 4.90 Å². The first-order valence-corrected chi connectivity index (χ1v) is 8.80. The van der Waals surface area contributed by atoms with Gasteiger partial charge in [0.25, 0.3) is 10.0 Å². The van der Waals surface area contributed by atoms with Gasteiger partial charge in [0.15, 0.2) is 0 Å². The van der Waals surface area contributed by atoms with E-state index in [0.29, 0.717) is 23.2 Å². The van der Waals surface area contributed by atoms with Crippen molar-refractivity contribution < 1.29 is 8.42 Å². The molecule has 0 fully saturated rings. The Morgan fingerprint density at radius 2 is 1.81 bits per heavy atom. The molecule has 0 amide bonds. The normalized spacial score (nSPS) is 11.4. The van der Waals surface area contributed by atoms with E-state index in [0.717, 1.165) is 5.56 Å². The van der Waals surface area contributed by atoms with Gasteiger partial charge >= 0.3 is 0 Å². The highest BCUT2D eigenvalue weighted by Crippen LogP contribution is 2.29. The molecule has 0 saturated carbocycles. The molecule has 2 aromatic carbocycles. The number of rotatable bonds is 5. The van der Waals surface area contributed by atoms with Crippen LogP contribution in [0.2, 0.25) is 0 Å². The molecule has 2 aromatic rings. The second-order valence-electron chi connectivity index (χ2n) is 4.47. The first-order chi connectivity index (χ1) is 10.0. The van der Waals surface area contributed by atoms with Crippen molar-refractivity contribution in [2.24, 2.45) is 5.73 Å². The van der Waals surface area contributed by atoms with Crippen LogP contribution in [0.4, 0.5) is 5.69 Å². The Bertz CT molecular complexity index is 718. The molecule has 0 unspecified atom stereocenters. The standard InChI is InChI=1S/C15H17BrN2O2S/c1-2-18(13-6-4-3-5-7-13)21(19,20)15-9-8-12(11-17)10-14(15)16/h3-10H,2,11,17H2,1H3. The van der Waals surface area contributed by atoms with Crippen LogP contribution in [0, 0.1) is 0 Å². The van der Waals surface area contributed by atoms with Crippen LogP contribution in [0.1, 0.15) is 12.5 Å². The first kappa shape index (κ1) is 16.0. The molecule has 0 aliphatic heterocycles. The lowest BCUT2D eigenvalue weighted by Gasteiger charge is -2.23. The highest BCUT2D eigenvalue weighted by molar-refractivity contribution is 9.10. The monoisotopic (exact) mass is 368 g/mol. The molecule has 0 saturated heterocycles. The zero-order valence-electron chi connectivity index (χ0n) is 11.7. The number of hydrogen-bond acceptors (Lipinski definition) is 3. The van der Waals surface area contributed by atoms with E-state index >= 15 is 0 Å². The summed E-state index contributed by atoms with van der Waals surface area (Å²) in [7, 11) is -3.61. The summed E-state index contributed by atoms with van der Waals surface area (Å²) in [6.45, 7) is 2.54. The Hall–Kier alpha value is -1.37. The number of halogens is 1. The number of para-hydroxylation sites is 1. The van der Waals surface area contributed by atoms with E-state index in [9.17, 15) is 8.42 Å². The van der Waals surface area contributed by atoms with Gasteiger partial charge in [-0.15, -0.1) is 0 Å². The maximum Gasteiger partial charge on any atom is 0.265 e. The van der Waals surface area contributed by atoms with Gasteiger partial charge in [-0.3, -0.25) is 4.31 Å². The summed E-state index contributed by atoms with van der Waals surface area (Å²) in [5.74, 6) is 0. The van der Waals surface area contributed by atoms with Gasteiger partial charge in [0.1, 0.15) is 4.90 Å². The topological polar surface area (TPSA) is 63.4 Å². The third-order valence-electron chi connectivity index (χ3n) is 3.13. The third kappa shape index (κ3) is 3.28. The zero-order chi connectivity index (χ0) is 15.5. The fourth-order valence-electron chi connectivity index (χ4n) is 2.08. The average molecular weight is 369 g/mol. The van der Waals surface area contributed by atoms with Crippen LogP contribution in [0.25, 0.3) is 0 Å². The second-order valence-corrected chi connectivity index (χ2v) is 7.16. The molecule has 0 aliphatic rings. The minimum absolute atomic E-state index is 0.241. The van der Waals surface area contributed by atoms with Gasteiger partial charge in [-0.05, 0) is 52.7 Å². The van der Waals surface area contributed by atoms with E-state index in [1.165, 1.54) is 4.31 Å². The molecule has 0 aliphatic carbocycles. The molecule has 112 valence electrons. The molecule has 0 radical (unpaired) electrons. The van der Waals surface area contributed by atoms with Crippen LogP contribution in [0.15, 0.2) is 57.9 Å². The predicted octanol–water partition coefficient (Wildman–Crippen LogP) is 3.12. The lowest BCUT2D eigenvalue weighted by Crippen LogP contribution is -2.31. The molecular weight excluding hydrogens is 352 g/mol. The SMILES string of the molecule is CCN(c1ccccc1)S(=O)(=O)c1ccc(CN)cc1Br. The number of nitrogens with zero attached hydrogens (tertiary/aromatic N) is 1. The molecule has 6 heteroatoms. The highest BCUT2D eigenvalue weighted by Gasteiger charge is 2.25. The quantitative estimate of drug-likeness (QED) is 0.881. The Labute approximate surface area is 133 Å². The maximum atomic E-state index is 12.8. The van der Waals surface area contributed by atoms with Gasteiger partial charge in [0.2, 0.25) is 0 Å². The van der Waals surface area contributed by atoms with Crippen LogP contribution >= 0.6 is 15.9 Å². The van der Waals surface area contributed by atoms with Crippen LogP contribution in [0.3, 0.4) is 0 Å². The summed E-state index contributed by atoms with van der Waals surface area (Å²) in [6, 6.07) is 14.1. The van der Waals surface area contributed by atoms with Crippen molar-refractivity contribution in [2.75, 3.05) is 10.8 Å². The van der Waals surface area contributed by atoms with Crippen molar-refractivity contribution in [3.63, 3.8) is 0 Å². The molecule has 0 bridgehead atoms. The Balaban J connectivity index is 2.50. The van der Waals surface area contributed by atoms with Crippen molar-refractivity contribution in [2.45, 2.75) is 18.4 Å². The minimum atomic E-state index is -3.61. The molecule has 21 heavy (non-hydrogen) atoms. The molecule has 2 N–H and O–H groups in total. The fourth-order valence-corrected chi connectivity index (χ4v) is 4.65. The van der Waals surface area contributed by atoms with Crippen LogP contribution in [-0.4, -0.2) is 15.0 Å². The molecular formula is C15H17BrN2O2S. The summed E-state index contributed by atoms with van der Waals surface area (Å²) in [4.78, 5) is 0.241. The lowest BCUT2D eigenvalue weighted by atomic mass is 10.2. The van der Waals surface area contributed by atoms with Gasteiger partial charge in [-0.2, -0.15) is 0 Å². The summed E-state index contributed by atoms with van der Waals surface area (Å²) in [5, 5.41) is 0. The predicted molar refractivity (Wildman–Crippen MR) is 88.7 cm³/mol. The van der Waals surface area contributed by atoms with Gasteiger partial charge in [-0.1, -0.05) is 24.3 Å². The van der Waals surface area contributed by atoms with Gasteiger partial charge in [0.05, 0.1) is 5.69 Å². The minimum Gasteiger partial charge on any atom is -0.326 e. The van der Waals surface area contributed by atoms with Gasteiger partial charge in [-0.25, -0.2) is 8.42 Å². The van der Waals surface area contributed by atoms with Crippen molar-refractivity contribution in [1.29, 1.82) is 0 Å². The molecule has 0 heterocycles. The van der Waals surface area contributed by atoms with E-state index in [1.54, 1.807) is 30.3 Å². The average Bonchev–Trinajstić information content (AvgIpc) is 2.48. The maximum absolute atomic E-state index is 12.8. The summed E-state index contributed by atoms with van der Waals surface area (Å²) in [5.41, 5.74) is 7.10. The van der Waals surface area contributed by atoms with Crippen LogP contribution in [0.5, 0.6) is 0 Å². The van der Waals surface area contributed by atoms with E-state index in [1.807, 2.05) is 25.1 Å². The number of anilines is 1. The number of benzene rings is 2. The third-order valence-corrected chi connectivity index (χ3v) is 6.01. The fraction of sp³-hybridized carbons (Fsp3) is 0.200. The van der Waals surface area contributed by atoms with E-state index in [4.69, 9.17) is 5.73 Å². The molecule has 2 rings (SSSR count). The zero-order valence-corrected chi connectivity index (χ0v) is 14.1. The van der Waals surface area contributed by atoms with Crippen LogP contribution < -0.4 is 10.0 Å². The smallest absolute Gasteiger partial charge is 0.265 e. The number of nitrogens with two attached hydrogens (primary N) is 1. The second kappa shape index (κ2) is 6.60. The molecule has 0 atom stereocenters. The lowest BCUT2D eigenvalue weighted by molar-refractivity contribution is 0.591. The number of hydrogen-bond donors (Lipinski definition) is 1.